The molecule has 6 heteroatoms. The highest BCUT2D eigenvalue weighted by atomic mass is 35.5. The number of nitrogens with zero attached hydrogens (tertiary/aromatic N) is 2. The molecule has 0 radical (unpaired) electrons. The van der Waals surface area contributed by atoms with Crippen molar-refractivity contribution in [1.82, 2.24) is 9.97 Å². The predicted octanol–water partition coefficient (Wildman–Crippen LogP) is 4.27. The van der Waals surface area contributed by atoms with E-state index in [0.29, 0.717) is 22.1 Å². The largest absolute Gasteiger partial charge is 0.371 e. The van der Waals surface area contributed by atoms with Gasteiger partial charge in [0.2, 0.25) is 0 Å². The third-order valence-corrected chi connectivity index (χ3v) is 3.42. The number of anilines is 1. The number of rotatable bonds is 2. The van der Waals surface area contributed by atoms with Gasteiger partial charge in [0.15, 0.2) is 17.5 Å². The van der Waals surface area contributed by atoms with Gasteiger partial charge in [0.25, 0.3) is 0 Å². The molecule has 106 valence electrons. The summed E-state index contributed by atoms with van der Waals surface area (Å²) in [6.07, 6.45) is 0. The predicted molar refractivity (Wildman–Crippen MR) is 79.4 cm³/mol. The zero-order valence-corrected chi connectivity index (χ0v) is 11.7. The van der Waals surface area contributed by atoms with Crippen molar-refractivity contribution in [3.63, 3.8) is 0 Å². The smallest absolute Gasteiger partial charge is 0.186 e. The number of hydrogen-bond acceptors (Lipinski definition) is 3. The molecule has 0 aliphatic carbocycles. The van der Waals surface area contributed by atoms with E-state index in [0.717, 1.165) is 6.07 Å². The van der Waals surface area contributed by atoms with Crippen molar-refractivity contribution in [2.24, 2.45) is 0 Å². The molecule has 0 aliphatic heterocycles. The van der Waals surface area contributed by atoms with Crippen LogP contribution >= 0.6 is 11.6 Å². The molecule has 0 spiro atoms. The third-order valence-electron chi connectivity index (χ3n) is 3.09. The van der Waals surface area contributed by atoms with Crippen LogP contribution in [-0.4, -0.2) is 17.0 Å². The molecule has 0 saturated carbocycles. The van der Waals surface area contributed by atoms with E-state index in [1.54, 1.807) is 25.2 Å². The Kier molecular flexibility index (Phi) is 3.43. The first-order chi connectivity index (χ1) is 10.1. The fourth-order valence-corrected chi connectivity index (χ4v) is 2.31. The molecule has 0 amide bonds. The lowest BCUT2D eigenvalue weighted by atomic mass is 10.1. The quantitative estimate of drug-likeness (QED) is 0.768. The second-order valence-corrected chi connectivity index (χ2v) is 4.79. The second kappa shape index (κ2) is 5.26. The van der Waals surface area contributed by atoms with Crippen LogP contribution in [0, 0.1) is 11.6 Å². The minimum Gasteiger partial charge on any atom is -0.371 e. The standard InChI is InChI=1S/C15H10ClF2N3/c1-19-15-13(8-4-2-3-5-9(8)16)20-11-7-6-10(17)12(18)14(11)21-15/h2-7H,1H3,(H,19,21). The number of aromatic nitrogens is 2. The highest BCUT2D eigenvalue weighted by molar-refractivity contribution is 6.33. The molecule has 1 aromatic heterocycles. The summed E-state index contributed by atoms with van der Waals surface area (Å²) in [4.78, 5) is 8.49. The first-order valence-electron chi connectivity index (χ1n) is 6.20. The van der Waals surface area contributed by atoms with Gasteiger partial charge in [-0.3, -0.25) is 0 Å². The summed E-state index contributed by atoms with van der Waals surface area (Å²) in [5.74, 6) is -1.63. The van der Waals surface area contributed by atoms with Crippen LogP contribution < -0.4 is 5.32 Å². The van der Waals surface area contributed by atoms with Crippen LogP contribution in [0.4, 0.5) is 14.6 Å². The van der Waals surface area contributed by atoms with Crippen LogP contribution in [0.5, 0.6) is 0 Å². The van der Waals surface area contributed by atoms with Gasteiger partial charge < -0.3 is 5.32 Å². The van der Waals surface area contributed by atoms with Crippen molar-refractivity contribution in [2.45, 2.75) is 0 Å². The Balaban J connectivity index is 2.34. The monoisotopic (exact) mass is 305 g/mol. The number of benzene rings is 2. The zero-order valence-electron chi connectivity index (χ0n) is 11.0. The van der Waals surface area contributed by atoms with Crippen LogP contribution in [0.2, 0.25) is 5.02 Å². The summed E-state index contributed by atoms with van der Waals surface area (Å²) in [7, 11) is 1.63. The summed E-state index contributed by atoms with van der Waals surface area (Å²) < 4.78 is 27.1. The van der Waals surface area contributed by atoms with Gasteiger partial charge >= 0.3 is 0 Å². The van der Waals surface area contributed by atoms with Crippen molar-refractivity contribution in [1.29, 1.82) is 0 Å². The van der Waals surface area contributed by atoms with Gasteiger partial charge in [0.1, 0.15) is 11.2 Å². The Bertz CT molecular complexity index is 837. The molecule has 0 bridgehead atoms. The Morgan fingerprint density at radius 2 is 1.81 bits per heavy atom. The molecule has 0 aliphatic rings. The topological polar surface area (TPSA) is 37.8 Å². The fourth-order valence-electron chi connectivity index (χ4n) is 2.08. The molecule has 2 aromatic carbocycles. The number of fused-ring (bicyclic) bond motifs is 1. The second-order valence-electron chi connectivity index (χ2n) is 4.38. The van der Waals surface area contributed by atoms with Gasteiger partial charge in [0.05, 0.1) is 10.5 Å². The number of halogens is 3. The van der Waals surface area contributed by atoms with E-state index < -0.39 is 11.6 Å². The summed E-state index contributed by atoms with van der Waals surface area (Å²) >= 11 is 6.17. The lowest BCUT2D eigenvalue weighted by molar-refractivity contribution is 0.515. The van der Waals surface area contributed by atoms with Gasteiger partial charge in [-0.25, -0.2) is 18.7 Å². The Morgan fingerprint density at radius 1 is 1.05 bits per heavy atom. The lowest BCUT2D eigenvalue weighted by Gasteiger charge is -2.11. The molecule has 0 atom stereocenters. The maximum absolute atomic E-state index is 13.8. The van der Waals surface area contributed by atoms with E-state index in [9.17, 15) is 8.78 Å². The van der Waals surface area contributed by atoms with Gasteiger partial charge in [-0.1, -0.05) is 29.8 Å². The van der Waals surface area contributed by atoms with E-state index in [4.69, 9.17) is 11.6 Å². The summed E-state index contributed by atoms with van der Waals surface area (Å²) in [6, 6.07) is 9.56. The maximum Gasteiger partial charge on any atom is 0.186 e. The van der Waals surface area contributed by atoms with Gasteiger partial charge in [-0.15, -0.1) is 0 Å². The van der Waals surface area contributed by atoms with Crippen LogP contribution in [0.3, 0.4) is 0 Å². The molecule has 3 rings (SSSR count). The molecule has 1 N–H and O–H groups in total. The molecule has 3 aromatic rings. The third kappa shape index (κ3) is 2.29. The summed E-state index contributed by atoms with van der Waals surface area (Å²) in [5.41, 5.74) is 1.31. The van der Waals surface area contributed by atoms with Crippen molar-refractivity contribution in [3.05, 3.63) is 53.1 Å². The van der Waals surface area contributed by atoms with E-state index in [2.05, 4.69) is 15.3 Å². The summed E-state index contributed by atoms with van der Waals surface area (Å²) in [6.45, 7) is 0. The average Bonchev–Trinajstić information content (AvgIpc) is 2.50. The van der Waals surface area contributed by atoms with E-state index in [-0.39, 0.29) is 11.0 Å². The van der Waals surface area contributed by atoms with Crippen LogP contribution in [-0.2, 0) is 0 Å². The van der Waals surface area contributed by atoms with Crippen LogP contribution in [0.25, 0.3) is 22.3 Å². The SMILES string of the molecule is CNc1nc2c(F)c(F)ccc2nc1-c1ccccc1Cl. The van der Waals surface area contributed by atoms with Crippen molar-refractivity contribution >= 4 is 28.5 Å². The molecule has 1 heterocycles. The summed E-state index contributed by atoms with van der Waals surface area (Å²) in [5, 5.41) is 3.34. The molecule has 0 saturated heterocycles. The van der Waals surface area contributed by atoms with E-state index in [1.807, 2.05) is 6.07 Å². The van der Waals surface area contributed by atoms with Crippen LogP contribution in [0.15, 0.2) is 36.4 Å². The molecular formula is C15H10ClF2N3. The molecule has 0 unspecified atom stereocenters. The first-order valence-corrected chi connectivity index (χ1v) is 6.58. The van der Waals surface area contributed by atoms with Crippen molar-refractivity contribution in [2.75, 3.05) is 12.4 Å². The lowest BCUT2D eigenvalue weighted by Crippen LogP contribution is -2.02. The normalized spacial score (nSPS) is 10.9. The van der Waals surface area contributed by atoms with Crippen LogP contribution in [0.1, 0.15) is 0 Å². The van der Waals surface area contributed by atoms with E-state index >= 15 is 0 Å². The molecule has 3 nitrogen and oxygen atoms in total. The molecular weight excluding hydrogens is 296 g/mol. The Labute approximate surface area is 124 Å². The number of hydrogen-bond donors (Lipinski definition) is 1. The van der Waals surface area contributed by atoms with Gasteiger partial charge in [0, 0.05) is 12.6 Å². The molecule has 0 fully saturated rings. The number of nitrogens with one attached hydrogen (secondary N) is 1. The van der Waals surface area contributed by atoms with Crippen molar-refractivity contribution in [3.8, 4) is 11.3 Å². The minimum absolute atomic E-state index is 0.116. The van der Waals surface area contributed by atoms with E-state index in [1.165, 1.54) is 6.07 Å². The minimum atomic E-state index is -1.01. The zero-order chi connectivity index (χ0) is 15.0. The van der Waals surface area contributed by atoms with Crippen molar-refractivity contribution < 1.29 is 8.78 Å². The highest BCUT2D eigenvalue weighted by Gasteiger charge is 2.16. The Hall–Kier alpha value is -2.27. The van der Waals surface area contributed by atoms with Gasteiger partial charge in [-0.05, 0) is 18.2 Å². The maximum atomic E-state index is 13.8. The Morgan fingerprint density at radius 3 is 2.52 bits per heavy atom. The first kappa shape index (κ1) is 13.7. The molecule has 21 heavy (non-hydrogen) atoms. The fraction of sp³-hybridized carbons (Fsp3) is 0.0667. The highest BCUT2D eigenvalue weighted by Crippen LogP contribution is 2.32. The van der Waals surface area contributed by atoms with Gasteiger partial charge in [-0.2, -0.15) is 0 Å². The average molecular weight is 306 g/mol.